The summed E-state index contributed by atoms with van der Waals surface area (Å²) >= 11 is 0. The lowest BCUT2D eigenvalue weighted by atomic mass is 9.33. The molecule has 2 aromatic carbocycles. The molecule has 5 heteroatoms. The van der Waals surface area contributed by atoms with Gasteiger partial charge < -0.3 is 15.2 Å². The van der Waals surface area contributed by atoms with Crippen molar-refractivity contribution in [3.63, 3.8) is 0 Å². The van der Waals surface area contributed by atoms with Gasteiger partial charge in [0.25, 0.3) is 0 Å². The lowest BCUT2D eigenvalue weighted by Crippen LogP contribution is -2.67. The zero-order valence-corrected chi connectivity index (χ0v) is 35.6. The monoisotopic (exact) mass is 770 g/mol. The Kier molecular flexibility index (Phi) is 10.3. The van der Waals surface area contributed by atoms with Gasteiger partial charge in [-0.1, -0.05) is 102 Å². The molecule has 8 rings (SSSR count). The Morgan fingerprint density at radius 3 is 2.19 bits per heavy atom. The number of ether oxygens (including phenoxy) is 2. The molecule has 0 radical (unpaired) electrons. The highest BCUT2D eigenvalue weighted by atomic mass is 16.6. The average molecular weight is 770 g/mol. The maximum Gasteiger partial charge on any atom is 0.338 e. The van der Waals surface area contributed by atoms with Gasteiger partial charge in [-0.3, -0.25) is 4.79 Å². The van der Waals surface area contributed by atoms with Gasteiger partial charge in [0.15, 0.2) is 0 Å². The summed E-state index contributed by atoms with van der Waals surface area (Å²) < 4.78 is 11.9. The normalized spacial score (nSPS) is 39.1. The molecule has 304 valence electrons. The molecule has 57 heavy (non-hydrogen) atoms. The van der Waals surface area contributed by atoms with Crippen LogP contribution in [0.2, 0.25) is 0 Å². The van der Waals surface area contributed by atoms with E-state index in [9.17, 15) is 9.59 Å². The fourth-order valence-electron chi connectivity index (χ4n) is 14.7. The van der Waals surface area contributed by atoms with Gasteiger partial charge in [0.1, 0.15) is 18.6 Å². The van der Waals surface area contributed by atoms with E-state index in [4.69, 9.17) is 15.2 Å². The first-order valence-electron chi connectivity index (χ1n) is 22.1. The maximum absolute atomic E-state index is 14.0. The van der Waals surface area contributed by atoms with Crippen molar-refractivity contribution in [3.8, 4) is 0 Å². The van der Waals surface area contributed by atoms with E-state index in [1.54, 1.807) is 12.1 Å². The highest BCUT2D eigenvalue weighted by Gasteiger charge is 2.70. The van der Waals surface area contributed by atoms with Crippen molar-refractivity contribution in [2.75, 3.05) is 6.61 Å². The molecule has 4 fully saturated rings. The minimum Gasteiger partial charge on any atom is -0.461 e. The average Bonchev–Trinajstić information content (AvgIpc) is 3.57. The molecule has 1 unspecified atom stereocenters. The van der Waals surface area contributed by atoms with Gasteiger partial charge in [-0.2, -0.15) is 0 Å². The Balaban J connectivity index is 1.04. The van der Waals surface area contributed by atoms with Crippen molar-refractivity contribution in [1.82, 2.24) is 0 Å². The highest BCUT2D eigenvalue weighted by molar-refractivity contribution is 5.89. The predicted molar refractivity (Wildman–Crippen MR) is 228 cm³/mol. The minimum atomic E-state index is -0.934. The van der Waals surface area contributed by atoms with Gasteiger partial charge in [0, 0.05) is 5.54 Å². The quantitative estimate of drug-likeness (QED) is 0.214. The summed E-state index contributed by atoms with van der Waals surface area (Å²) in [6.45, 7) is 19.6. The largest absolute Gasteiger partial charge is 0.461 e. The first-order valence-corrected chi connectivity index (χ1v) is 22.1. The fraction of sp³-hybridized carbons (Fsp3) is 0.596. The molecular weight excluding hydrogens is 703 g/mol. The van der Waals surface area contributed by atoms with E-state index in [-0.39, 0.29) is 46.4 Å². The number of hydrogen-bond acceptors (Lipinski definition) is 5. The predicted octanol–water partition coefficient (Wildman–Crippen LogP) is 11.7. The van der Waals surface area contributed by atoms with Crippen LogP contribution >= 0.6 is 0 Å². The third-order valence-corrected chi connectivity index (χ3v) is 18.0. The molecule has 0 bridgehead atoms. The van der Waals surface area contributed by atoms with Gasteiger partial charge in [-0.05, 0) is 170 Å². The molecule has 0 heterocycles. The third kappa shape index (κ3) is 6.37. The van der Waals surface area contributed by atoms with E-state index < -0.39 is 11.4 Å². The number of nitrogens with two attached hydrogens (primary N) is 1. The Labute approximate surface area is 342 Å². The minimum absolute atomic E-state index is 0.00236. The van der Waals surface area contributed by atoms with Gasteiger partial charge >= 0.3 is 11.9 Å². The van der Waals surface area contributed by atoms with E-state index in [0.717, 1.165) is 31.2 Å². The molecular formula is C52H67NO4. The first kappa shape index (κ1) is 40.1. The smallest absolute Gasteiger partial charge is 0.338 e. The van der Waals surface area contributed by atoms with E-state index in [2.05, 4.69) is 66.0 Å². The van der Waals surface area contributed by atoms with Crippen LogP contribution in [0.25, 0.3) is 0 Å². The Bertz CT molecular complexity index is 1990. The molecule has 0 amide bonds. The lowest BCUT2D eigenvalue weighted by molar-refractivity contribution is -0.219. The summed E-state index contributed by atoms with van der Waals surface area (Å²) in [5.74, 6) is 2.23. The molecule has 10 atom stereocenters. The Morgan fingerprint density at radius 1 is 0.789 bits per heavy atom. The van der Waals surface area contributed by atoms with Crippen LogP contribution < -0.4 is 5.73 Å². The highest BCUT2D eigenvalue weighted by Crippen LogP contribution is 2.76. The van der Waals surface area contributed by atoms with Crippen LogP contribution in [0.15, 0.2) is 102 Å². The van der Waals surface area contributed by atoms with Crippen molar-refractivity contribution in [2.24, 2.45) is 62.4 Å². The number of rotatable bonds is 8. The number of hydrogen-bond donors (Lipinski definition) is 1. The second-order valence-electron chi connectivity index (χ2n) is 20.7. The fourth-order valence-corrected chi connectivity index (χ4v) is 14.7. The standard InChI is InChI=1S/C52H67NO4/c1-8-35(2)39-23-30-52(53)32-31-49(6)41(44(39)52)19-20-43-48(5)26-24-40(47(3,4)42(48)25-27-50(43,49)7)37-21-28-51(29-22-37,34-57-45(54)38-17-13-10-14-18-38)46(55)56-33-36-15-11-9-12-16-36/h9-18,21,24,39,41-44H,1,19-20,22-23,25-34,53H2,2-7H3/t39-,41+,42-,43+,44+,48-,49+,50+,51?,52-/m0/s1. The SMILES string of the molecule is C=C=C(C)[C@@H]1CC[C@]2(N)CC[C@]3(C)[C@H](CC[C@@H]4[C@@]5(C)CC=C(C6=CCC(COC(=O)c7ccccc7)(C(=O)OCc7ccccc7)CC6)C(C)(C)[C@@H]5CC[C@]43C)[C@@H]12. The number of carbonyl (C=O) groups excluding carboxylic acids is 2. The summed E-state index contributed by atoms with van der Waals surface area (Å²) in [6, 6.07) is 18.8. The molecule has 2 aromatic rings. The van der Waals surface area contributed by atoms with Crippen molar-refractivity contribution in [3.05, 3.63) is 113 Å². The van der Waals surface area contributed by atoms with Crippen molar-refractivity contribution in [2.45, 2.75) is 131 Å². The van der Waals surface area contributed by atoms with E-state index in [0.29, 0.717) is 48.0 Å². The Hall–Kier alpha value is -3.66. The molecule has 0 aromatic heterocycles. The maximum atomic E-state index is 14.0. The Morgan fingerprint density at radius 2 is 1.51 bits per heavy atom. The van der Waals surface area contributed by atoms with Crippen molar-refractivity contribution >= 4 is 11.9 Å². The van der Waals surface area contributed by atoms with Gasteiger partial charge in [0.05, 0.1) is 5.56 Å². The summed E-state index contributed by atoms with van der Waals surface area (Å²) in [5.41, 5.74) is 16.0. The van der Waals surface area contributed by atoms with E-state index >= 15 is 0 Å². The second-order valence-corrected chi connectivity index (χ2v) is 20.7. The lowest BCUT2D eigenvalue weighted by Gasteiger charge is -2.72. The zero-order valence-electron chi connectivity index (χ0n) is 35.6. The van der Waals surface area contributed by atoms with Crippen LogP contribution in [-0.4, -0.2) is 24.1 Å². The number of carbonyl (C=O) groups is 2. The van der Waals surface area contributed by atoms with Gasteiger partial charge in [-0.15, -0.1) is 5.73 Å². The molecule has 6 aliphatic rings. The summed E-state index contributed by atoms with van der Waals surface area (Å²) in [7, 11) is 0. The second kappa shape index (κ2) is 14.6. The molecule has 5 nitrogen and oxygen atoms in total. The van der Waals surface area contributed by atoms with Crippen LogP contribution in [0.5, 0.6) is 0 Å². The molecule has 6 aliphatic carbocycles. The molecule has 0 saturated heterocycles. The van der Waals surface area contributed by atoms with E-state index in [1.807, 2.05) is 48.5 Å². The molecule has 0 aliphatic heterocycles. The third-order valence-electron chi connectivity index (χ3n) is 18.0. The molecule has 2 N–H and O–H groups in total. The number of fused-ring (bicyclic) bond motifs is 7. The van der Waals surface area contributed by atoms with Crippen LogP contribution in [-0.2, 0) is 20.9 Å². The summed E-state index contributed by atoms with van der Waals surface area (Å²) in [6.07, 6.45) is 17.6. The topological polar surface area (TPSA) is 78.6 Å². The first-order chi connectivity index (χ1) is 27.1. The van der Waals surface area contributed by atoms with Crippen LogP contribution in [0.4, 0.5) is 0 Å². The van der Waals surface area contributed by atoms with Crippen molar-refractivity contribution in [1.29, 1.82) is 0 Å². The van der Waals surface area contributed by atoms with E-state index in [1.165, 1.54) is 55.2 Å². The summed E-state index contributed by atoms with van der Waals surface area (Å²) in [5, 5.41) is 0. The zero-order chi connectivity index (χ0) is 40.4. The van der Waals surface area contributed by atoms with Gasteiger partial charge in [0.2, 0.25) is 0 Å². The number of benzene rings is 2. The number of esters is 2. The molecule has 0 spiro atoms. The molecule has 4 saturated carbocycles. The van der Waals surface area contributed by atoms with Crippen LogP contribution in [0, 0.1) is 56.7 Å². The number of allylic oxidation sites excluding steroid dienone is 5. The van der Waals surface area contributed by atoms with Crippen molar-refractivity contribution < 1.29 is 19.1 Å². The van der Waals surface area contributed by atoms with Crippen LogP contribution in [0.1, 0.15) is 135 Å². The van der Waals surface area contributed by atoms with Crippen LogP contribution in [0.3, 0.4) is 0 Å². The summed E-state index contributed by atoms with van der Waals surface area (Å²) in [4.78, 5) is 27.2. The van der Waals surface area contributed by atoms with Gasteiger partial charge in [-0.25, -0.2) is 4.79 Å².